The molecule has 2 heterocycles. The predicted molar refractivity (Wildman–Crippen MR) is 76.5 cm³/mol. The second-order valence-corrected chi connectivity index (χ2v) is 4.65. The molecule has 1 amide bonds. The van der Waals surface area contributed by atoms with E-state index in [0.29, 0.717) is 6.54 Å². The molecule has 1 fully saturated rings. The topological polar surface area (TPSA) is 54.3 Å². The fourth-order valence-corrected chi connectivity index (χ4v) is 2.09. The lowest BCUT2D eigenvalue weighted by molar-refractivity contribution is -0.126. The predicted octanol–water partition coefficient (Wildman–Crippen LogP) is 1.73. The molecule has 2 N–H and O–H groups in total. The highest BCUT2D eigenvalue weighted by molar-refractivity contribution is 5.85. The first kappa shape index (κ1) is 13.9. The molecule has 1 aliphatic rings. The number of halogens is 1. The molecule has 0 atom stereocenters. The highest BCUT2D eigenvalue weighted by atomic mass is 35.5. The maximum atomic E-state index is 11.6. The molecular weight excluding hydrogens is 264 g/mol. The molecule has 2 aromatic rings. The number of amides is 1. The lowest BCUT2D eigenvalue weighted by Gasteiger charge is -2.25. The Kier molecular flexibility index (Phi) is 4.45. The molecule has 1 aromatic carbocycles. The molecule has 0 bridgehead atoms. The molecule has 19 heavy (non-hydrogen) atoms. The zero-order valence-corrected chi connectivity index (χ0v) is 11.3. The maximum Gasteiger partial charge on any atom is 0.225 e. The number of hydrogen-bond donors (Lipinski definition) is 2. The van der Waals surface area contributed by atoms with Gasteiger partial charge in [-0.2, -0.15) is 0 Å². The molecule has 0 saturated carbocycles. The number of fused-ring (bicyclic) bond motifs is 1. The van der Waals surface area contributed by atoms with Crippen molar-refractivity contribution in [3.63, 3.8) is 0 Å². The first-order valence-corrected chi connectivity index (χ1v) is 6.29. The summed E-state index contributed by atoms with van der Waals surface area (Å²) in [5.74, 6) is 1.22. The average molecular weight is 281 g/mol. The Morgan fingerprint density at radius 3 is 2.84 bits per heavy atom. The molecule has 4 nitrogen and oxygen atoms in total. The van der Waals surface area contributed by atoms with Crippen LogP contribution in [0.2, 0.25) is 0 Å². The number of carbonyl (C=O) groups excluding carboxylic acids is 1. The standard InChI is InChI=1S/C14H16N2O2.ClH/c17-14(11-8-15-9-11)16-6-5-12-7-10-3-1-2-4-13(10)18-12;/h1-4,7,11,15H,5-6,8-9H2,(H,16,17);1H. The average Bonchev–Trinajstić information content (AvgIpc) is 2.69. The first-order chi connectivity index (χ1) is 8.83. The van der Waals surface area contributed by atoms with Gasteiger partial charge >= 0.3 is 0 Å². The summed E-state index contributed by atoms with van der Waals surface area (Å²) < 4.78 is 5.69. The molecular formula is C14H17ClN2O2. The molecule has 0 unspecified atom stereocenters. The van der Waals surface area contributed by atoms with Crippen LogP contribution >= 0.6 is 12.4 Å². The summed E-state index contributed by atoms with van der Waals surface area (Å²) in [6.45, 7) is 2.24. The van der Waals surface area contributed by atoms with Gasteiger partial charge in [0.05, 0.1) is 5.92 Å². The van der Waals surface area contributed by atoms with Crippen LogP contribution in [-0.4, -0.2) is 25.5 Å². The summed E-state index contributed by atoms with van der Waals surface area (Å²) in [6, 6.07) is 9.97. The van der Waals surface area contributed by atoms with Crippen LogP contribution in [0.5, 0.6) is 0 Å². The quantitative estimate of drug-likeness (QED) is 0.897. The molecule has 1 aromatic heterocycles. The van der Waals surface area contributed by atoms with Crippen molar-refractivity contribution in [2.45, 2.75) is 6.42 Å². The van der Waals surface area contributed by atoms with E-state index < -0.39 is 0 Å². The van der Waals surface area contributed by atoms with Gasteiger partial charge in [-0.25, -0.2) is 0 Å². The summed E-state index contributed by atoms with van der Waals surface area (Å²) in [4.78, 5) is 11.6. The Hall–Kier alpha value is -1.52. The van der Waals surface area contributed by atoms with E-state index in [4.69, 9.17) is 4.42 Å². The Labute approximate surface area is 118 Å². The fraction of sp³-hybridized carbons (Fsp3) is 0.357. The van der Waals surface area contributed by atoms with Gasteiger partial charge in [-0.05, 0) is 12.1 Å². The van der Waals surface area contributed by atoms with Crippen LogP contribution in [0.4, 0.5) is 0 Å². The number of rotatable bonds is 4. The van der Waals surface area contributed by atoms with Gasteiger partial charge in [0.25, 0.3) is 0 Å². The van der Waals surface area contributed by atoms with Crippen LogP contribution in [0, 0.1) is 5.92 Å². The number of para-hydroxylation sites is 1. The number of benzene rings is 1. The minimum Gasteiger partial charge on any atom is -0.461 e. The third-order valence-electron chi connectivity index (χ3n) is 3.30. The molecule has 0 radical (unpaired) electrons. The highest BCUT2D eigenvalue weighted by Gasteiger charge is 2.24. The number of carbonyl (C=O) groups is 1. The number of hydrogen-bond acceptors (Lipinski definition) is 3. The number of furan rings is 1. The van der Waals surface area contributed by atoms with Gasteiger partial charge in [-0.3, -0.25) is 4.79 Å². The molecule has 1 saturated heterocycles. The van der Waals surface area contributed by atoms with Crippen LogP contribution in [-0.2, 0) is 11.2 Å². The summed E-state index contributed by atoms with van der Waals surface area (Å²) in [5, 5.41) is 7.14. The second-order valence-electron chi connectivity index (χ2n) is 4.65. The van der Waals surface area contributed by atoms with Crippen LogP contribution in [0.15, 0.2) is 34.7 Å². The van der Waals surface area contributed by atoms with Crippen LogP contribution in [0.25, 0.3) is 11.0 Å². The van der Waals surface area contributed by atoms with E-state index in [9.17, 15) is 4.79 Å². The summed E-state index contributed by atoms with van der Waals surface area (Å²) in [7, 11) is 0. The summed E-state index contributed by atoms with van der Waals surface area (Å²) in [6.07, 6.45) is 0.737. The third-order valence-corrected chi connectivity index (χ3v) is 3.30. The Morgan fingerprint density at radius 1 is 1.37 bits per heavy atom. The Morgan fingerprint density at radius 2 is 2.16 bits per heavy atom. The van der Waals surface area contributed by atoms with Crippen molar-refractivity contribution in [2.24, 2.45) is 5.92 Å². The Balaban J connectivity index is 0.00000133. The van der Waals surface area contributed by atoms with Gasteiger partial charge in [0.1, 0.15) is 11.3 Å². The van der Waals surface area contributed by atoms with E-state index in [1.165, 1.54) is 0 Å². The van der Waals surface area contributed by atoms with E-state index in [2.05, 4.69) is 10.6 Å². The van der Waals surface area contributed by atoms with Gasteiger partial charge in [-0.15, -0.1) is 12.4 Å². The van der Waals surface area contributed by atoms with Gasteiger partial charge in [0.2, 0.25) is 5.91 Å². The smallest absolute Gasteiger partial charge is 0.225 e. The molecule has 1 aliphatic heterocycles. The van der Waals surface area contributed by atoms with Crippen LogP contribution in [0.1, 0.15) is 5.76 Å². The van der Waals surface area contributed by atoms with E-state index >= 15 is 0 Å². The first-order valence-electron chi connectivity index (χ1n) is 6.29. The lowest BCUT2D eigenvalue weighted by atomic mass is 10.0. The van der Waals surface area contributed by atoms with Crippen molar-refractivity contribution < 1.29 is 9.21 Å². The largest absolute Gasteiger partial charge is 0.461 e. The van der Waals surface area contributed by atoms with Crippen molar-refractivity contribution in [1.29, 1.82) is 0 Å². The zero-order chi connectivity index (χ0) is 12.4. The van der Waals surface area contributed by atoms with Gasteiger partial charge < -0.3 is 15.1 Å². The maximum absolute atomic E-state index is 11.6. The Bertz CT molecular complexity index is 530. The molecule has 0 aliphatic carbocycles. The van der Waals surface area contributed by atoms with Crippen molar-refractivity contribution in [3.05, 3.63) is 36.1 Å². The highest BCUT2D eigenvalue weighted by Crippen LogP contribution is 2.18. The normalized spacial score (nSPS) is 14.7. The van der Waals surface area contributed by atoms with Gasteiger partial charge in [0.15, 0.2) is 0 Å². The molecule has 0 spiro atoms. The van der Waals surface area contributed by atoms with Crippen molar-refractivity contribution in [3.8, 4) is 0 Å². The van der Waals surface area contributed by atoms with Crippen LogP contribution < -0.4 is 10.6 Å². The van der Waals surface area contributed by atoms with E-state index in [0.717, 1.165) is 36.2 Å². The second kappa shape index (κ2) is 6.08. The summed E-state index contributed by atoms with van der Waals surface area (Å²) >= 11 is 0. The van der Waals surface area contributed by atoms with Crippen molar-refractivity contribution >= 4 is 29.3 Å². The monoisotopic (exact) mass is 280 g/mol. The minimum absolute atomic E-state index is 0. The van der Waals surface area contributed by atoms with Crippen molar-refractivity contribution in [2.75, 3.05) is 19.6 Å². The van der Waals surface area contributed by atoms with Crippen LogP contribution in [0.3, 0.4) is 0 Å². The number of nitrogens with one attached hydrogen (secondary N) is 2. The third kappa shape index (κ3) is 3.08. The van der Waals surface area contributed by atoms with Gasteiger partial charge in [-0.1, -0.05) is 18.2 Å². The SMILES string of the molecule is Cl.O=C(NCCc1cc2ccccc2o1)C1CNC1. The molecule has 102 valence electrons. The van der Waals surface area contributed by atoms with Gasteiger partial charge in [0, 0.05) is 31.4 Å². The van der Waals surface area contributed by atoms with E-state index in [1.807, 2.05) is 30.3 Å². The summed E-state index contributed by atoms with van der Waals surface area (Å²) in [5.41, 5.74) is 0.905. The fourth-order valence-electron chi connectivity index (χ4n) is 2.09. The molecule has 5 heteroatoms. The lowest BCUT2D eigenvalue weighted by Crippen LogP contribution is -2.51. The minimum atomic E-state index is 0. The van der Waals surface area contributed by atoms with Crippen molar-refractivity contribution in [1.82, 2.24) is 10.6 Å². The van der Waals surface area contributed by atoms with E-state index in [1.54, 1.807) is 0 Å². The molecule has 3 rings (SSSR count). The van der Waals surface area contributed by atoms with E-state index in [-0.39, 0.29) is 24.2 Å². The zero-order valence-electron chi connectivity index (χ0n) is 10.5.